The summed E-state index contributed by atoms with van der Waals surface area (Å²) < 4.78 is 0. The summed E-state index contributed by atoms with van der Waals surface area (Å²) in [7, 11) is 0. The van der Waals surface area contributed by atoms with Gasteiger partial charge in [0.05, 0.1) is 11.6 Å². The minimum atomic E-state index is 0.166. The third kappa shape index (κ3) is 3.09. The minimum absolute atomic E-state index is 0.166. The maximum Gasteiger partial charge on any atom is 0.0702 e. The first-order chi connectivity index (χ1) is 8.83. The molecule has 1 heterocycles. The first-order valence-corrected chi connectivity index (χ1v) is 6.36. The largest absolute Gasteiger partial charge is 0.300 e. The standard InChI is InChI=1S/C16H18N2/c1-3-6-15(4-2)18-12-13-8-9-16-14(11-13)7-5-10-17-16/h2,5,7-11,15,18H,3,6,12H2,1H3. The van der Waals surface area contributed by atoms with E-state index in [1.165, 1.54) is 10.9 Å². The summed E-state index contributed by atoms with van der Waals surface area (Å²) in [6.07, 6.45) is 9.43. The van der Waals surface area contributed by atoms with E-state index in [0.717, 1.165) is 24.9 Å². The van der Waals surface area contributed by atoms with Crippen molar-refractivity contribution in [2.45, 2.75) is 32.4 Å². The van der Waals surface area contributed by atoms with Gasteiger partial charge >= 0.3 is 0 Å². The molecule has 18 heavy (non-hydrogen) atoms. The van der Waals surface area contributed by atoms with Crippen molar-refractivity contribution in [1.29, 1.82) is 0 Å². The normalized spacial score (nSPS) is 12.2. The Bertz CT molecular complexity index is 554. The molecule has 92 valence electrons. The van der Waals surface area contributed by atoms with Crippen LogP contribution in [0.2, 0.25) is 0 Å². The van der Waals surface area contributed by atoms with Gasteiger partial charge in [-0.25, -0.2) is 0 Å². The summed E-state index contributed by atoms with van der Waals surface area (Å²) in [4.78, 5) is 4.31. The summed E-state index contributed by atoms with van der Waals surface area (Å²) >= 11 is 0. The maximum atomic E-state index is 5.49. The van der Waals surface area contributed by atoms with E-state index < -0.39 is 0 Å². The van der Waals surface area contributed by atoms with Crippen LogP contribution in [0, 0.1) is 12.3 Å². The number of fused-ring (bicyclic) bond motifs is 1. The molecule has 0 amide bonds. The van der Waals surface area contributed by atoms with Gasteiger partial charge in [0.1, 0.15) is 0 Å². The Labute approximate surface area is 108 Å². The Hall–Kier alpha value is -1.85. The van der Waals surface area contributed by atoms with Gasteiger partial charge in [-0.15, -0.1) is 6.42 Å². The molecular formula is C16H18N2. The van der Waals surface area contributed by atoms with E-state index >= 15 is 0 Å². The van der Waals surface area contributed by atoms with Crippen molar-refractivity contribution in [2.75, 3.05) is 0 Å². The average molecular weight is 238 g/mol. The molecule has 1 atom stereocenters. The third-order valence-corrected chi connectivity index (χ3v) is 3.00. The van der Waals surface area contributed by atoms with E-state index in [4.69, 9.17) is 6.42 Å². The molecule has 1 aromatic carbocycles. The number of hydrogen-bond acceptors (Lipinski definition) is 2. The molecule has 0 radical (unpaired) electrons. The molecule has 2 aromatic rings. The van der Waals surface area contributed by atoms with Gasteiger partial charge in [0.2, 0.25) is 0 Å². The van der Waals surface area contributed by atoms with Gasteiger partial charge in [0.15, 0.2) is 0 Å². The quantitative estimate of drug-likeness (QED) is 0.809. The highest BCUT2D eigenvalue weighted by atomic mass is 14.9. The fraction of sp³-hybridized carbons (Fsp3) is 0.312. The molecule has 1 aromatic heterocycles. The maximum absolute atomic E-state index is 5.49. The van der Waals surface area contributed by atoms with Crippen LogP contribution in [0.4, 0.5) is 0 Å². The molecule has 0 aliphatic heterocycles. The zero-order valence-electron chi connectivity index (χ0n) is 10.7. The molecule has 0 spiro atoms. The van der Waals surface area contributed by atoms with Crippen LogP contribution in [-0.4, -0.2) is 11.0 Å². The lowest BCUT2D eigenvalue weighted by molar-refractivity contribution is 0.563. The van der Waals surface area contributed by atoms with Crippen LogP contribution in [0.25, 0.3) is 10.9 Å². The number of nitrogens with one attached hydrogen (secondary N) is 1. The number of hydrogen-bond donors (Lipinski definition) is 1. The van der Waals surface area contributed by atoms with E-state index in [0.29, 0.717) is 0 Å². The van der Waals surface area contributed by atoms with Crippen LogP contribution in [0.3, 0.4) is 0 Å². The van der Waals surface area contributed by atoms with Gasteiger partial charge in [-0.2, -0.15) is 0 Å². The predicted octanol–water partition coefficient (Wildman–Crippen LogP) is 3.13. The van der Waals surface area contributed by atoms with E-state index in [9.17, 15) is 0 Å². The van der Waals surface area contributed by atoms with Crippen molar-refractivity contribution < 1.29 is 0 Å². The lowest BCUT2D eigenvalue weighted by Crippen LogP contribution is -2.26. The second-order valence-corrected chi connectivity index (χ2v) is 4.42. The van der Waals surface area contributed by atoms with E-state index in [-0.39, 0.29) is 6.04 Å². The van der Waals surface area contributed by atoms with Crippen molar-refractivity contribution in [3.05, 3.63) is 42.1 Å². The number of pyridine rings is 1. The van der Waals surface area contributed by atoms with Crippen LogP contribution in [0.15, 0.2) is 36.5 Å². The summed E-state index contributed by atoms with van der Waals surface area (Å²) in [6, 6.07) is 10.5. The molecular weight excluding hydrogens is 220 g/mol. The van der Waals surface area contributed by atoms with Crippen molar-refractivity contribution in [3.8, 4) is 12.3 Å². The molecule has 2 heteroatoms. The fourth-order valence-corrected chi connectivity index (χ4v) is 2.01. The lowest BCUT2D eigenvalue weighted by atomic mass is 10.1. The first-order valence-electron chi connectivity index (χ1n) is 6.36. The Morgan fingerprint density at radius 2 is 2.28 bits per heavy atom. The zero-order chi connectivity index (χ0) is 12.8. The molecule has 0 saturated heterocycles. The van der Waals surface area contributed by atoms with Crippen molar-refractivity contribution in [3.63, 3.8) is 0 Å². The monoisotopic (exact) mass is 238 g/mol. The van der Waals surface area contributed by atoms with Crippen LogP contribution >= 0.6 is 0 Å². The molecule has 1 unspecified atom stereocenters. The molecule has 0 aliphatic rings. The van der Waals surface area contributed by atoms with Crippen LogP contribution in [0.1, 0.15) is 25.3 Å². The van der Waals surface area contributed by atoms with Gasteiger partial charge in [-0.3, -0.25) is 10.3 Å². The lowest BCUT2D eigenvalue weighted by Gasteiger charge is -2.12. The highest BCUT2D eigenvalue weighted by Crippen LogP contribution is 2.13. The highest BCUT2D eigenvalue weighted by molar-refractivity contribution is 5.78. The van der Waals surface area contributed by atoms with Crippen LogP contribution < -0.4 is 5.32 Å². The summed E-state index contributed by atoms with van der Waals surface area (Å²) in [6.45, 7) is 2.95. The van der Waals surface area contributed by atoms with Gasteiger partial charge in [-0.05, 0) is 30.2 Å². The Kier molecular flexibility index (Phi) is 4.33. The topological polar surface area (TPSA) is 24.9 Å². The highest BCUT2D eigenvalue weighted by Gasteiger charge is 2.03. The molecule has 0 bridgehead atoms. The molecule has 0 saturated carbocycles. The number of nitrogens with zero attached hydrogens (tertiary/aromatic N) is 1. The van der Waals surface area contributed by atoms with E-state index in [1.807, 2.05) is 12.3 Å². The number of aromatic nitrogens is 1. The summed E-state index contributed by atoms with van der Waals surface area (Å²) in [5.41, 5.74) is 2.27. The van der Waals surface area contributed by atoms with Gasteiger partial charge in [-0.1, -0.05) is 31.4 Å². The summed E-state index contributed by atoms with van der Waals surface area (Å²) in [5, 5.41) is 4.57. The Morgan fingerprint density at radius 3 is 3.06 bits per heavy atom. The van der Waals surface area contributed by atoms with E-state index in [1.54, 1.807) is 0 Å². The summed E-state index contributed by atoms with van der Waals surface area (Å²) in [5.74, 6) is 2.79. The van der Waals surface area contributed by atoms with E-state index in [2.05, 4.69) is 47.4 Å². The fourth-order valence-electron chi connectivity index (χ4n) is 2.01. The van der Waals surface area contributed by atoms with Crippen LogP contribution in [-0.2, 0) is 6.54 Å². The van der Waals surface area contributed by atoms with Gasteiger partial charge < -0.3 is 0 Å². The second kappa shape index (κ2) is 6.18. The molecule has 0 aliphatic carbocycles. The van der Waals surface area contributed by atoms with Crippen LogP contribution in [0.5, 0.6) is 0 Å². The molecule has 2 nitrogen and oxygen atoms in total. The third-order valence-electron chi connectivity index (χ3n) is 3.00. The molecule has 1 N–H and O–H groups in total. The predicted molar refractivity (Wildman–Crippen MR) is 76.1 cm³/mol. The smallest absolute Gasteiger partial charge is 0.0702 e. The SMILES string of the molecule is C#CC(CCC)NCc1ccc2ncccc2c1. The average Bonchev–Trinajstić information content (AvgIpc) is 2.43. The Morgan fingerprint density at radius 1 is 1.39 bits per heavy atom. The minimum Gasteiger partial charge on any atom is -0.300 e. The van der Waals surface area contributed by atoms with Crippen molar-refractivity contribution >= 4 is 10.9 Å². The van der Waals surface area contributed by atoms with Gasteiger partial charge in [0, 0.05) is 18.1 Å². The van der Waals surface area contributed by atoms with Crippen molar-refractivity contribution in [1.82, 2.24) is 10.3 Å². The molecule has 2 rings (SSSR count). The number of terminal acetylenes is 1. The van der Waals surface area contributed by atoms with Gasteiger partial charge in [0.25, 0.3) is 0 Å². The second-order valence-electron chi connectivity index (χ2n) is 4.42. The van der Waals surface area contributed by atoms with Crippen molar-refractivity contribution in [2.24, 2.45) is 0 Å². The molecule has 0 fully saturated rings. The number of benzene rings is 1. The zero-order valence-corrected chi connectivity index (χ0v) is 10.7. The Balaban J connectivity index is 2.06. The first kappa shape index (κ1) is 12.6. The number of rotatable bonds is 5.